The summed E-state index contributed by atoms with van der Waals surface area (Å²) in [5.74, 6) is 0. The molecule has 0 amide bonds. The van der Waals surface area contributed by atoms with Gasteiger partial charge in [-0.05, 0) is 19.2 Å². The Morgan fingerprint density at radius 1 is 1.21 bits per heavy atom. The Hall–Kier alpha value is -1.39. The van der Waals surface area contributed by atoms with Crippen molar-refractivity contribution in [2.75, 3.05) is 19.6 Å². The summed E-state index contributed by atoms with van der Waals surface area (Å²) >= 11 is 1.78. The van der Waals surface area contributed by atoms with E-state index in [4.69, 9.17) is 0 Å². The Labute approximate surface area is 117 Å². The maximum atomic E-state index is 4.55. The standard InChI is InChI=1S/C15H19N3S/c1-3-17(4-2)9-10-18-11-16-15-14(18)12-7-5-6-8-13(12)19-15/h5-8,11H,3-4,9-10H2,1-2H3. The average molecular weight is 273 g/mol. The number of benzene rings is 1. The van der Waals surface area contributed by atoms with Crippen molar-refractivity contribution < 1.29 is 0 Å². The number of nitrogens with zero attached hydrogens (tertiary/aromatic N) is 3. The molecule has 0 N–H and O–H groups in total. The number of hydrogen-bond donors (Lipinski definition) is 0. The van der Waals surface area contributed by atoms with Crippen molar-refractivity contribution in [1.29, 1.82) is 0 Å². The zero-order valence-corrected chi connectivity index (χ0v) is 12.3. The SMILES string of the molecule is CCN(CC)CCn1cnc2sc3ccccc3c21. The third-order valence-electron chi connectivity index (χ3n) is 3.70. The third kappa shape index (κ3) is 2.26. The molecular weight excluding hydrogens is 254 g/mol. The Bertz CT molecular complexity index is 679. The molecule has 0 spiro atoms. The van der Waals surface area contributed by atoms with E-state index in [9.17, 15) is 0 Å². The van der Waals surface area contributed by atoms with E-state index in [1.807, 2.05) is 6.33 Å². The van der Waals surface area contributed by atoms with Gasteiger partial charge in [-0.1, -0.05) is 32.0 Å². The van der Waals surface area contributed by atoms with Gasteiger partial charge in [0.2, 0.25) is 0 Å². The fourth-order valence-electron chi connectivity index (χ4n) is 2.52. The van der Waals surface area contributed by atoms with Gasteiger partial charge in [0.15, 0.2) is 0 Å². The number of fused-ring (bicyclic) bond motifs is 3. The molecule has 0 aliphatic heterocycles. The number of imidazole rings is 1. The number of rotatable bonds is 5. The Kier molecular flexibility index (Phi) is 3.53. The highest BCUT2D eigenvalue weighted by atomic mass is 32.1. The summed E-state index contributed by atoms with van der Waals surface area (Å²) in [5, 5.41) is 1.33. The Morgan fingerprint density at radius 3 is 2.79 bits per heavy atom. The van der Waals surface area contributed by atoms with E-state index in [0.717, 1.165) is 31.0 Å². The van der Waals surface area contributed by atoms with E-state index < -0.39 is 0 Å². The molecule has 4 heteroatoms. The lowest BCUT2D eigenvalue weighted by molar-refractivity contribution is 0.292. The Morgan fingerprint density at radius 2 is 2.00 bits per heavy atom. The van der Waals surface area contributed by atoms with Gasteiger partial charge in [-0.15, -0.1) is 11.3 Å². The lowest BCUT2D eigenvalue weighted by Gasteiger charge is -2.18. The van der Waals surface area contributed by atoms with Crippen molar-refractivity contribution in [2.24, 2.45) is 0 Å². The molecule has 3 rings (SSSR count). The first kappa shape index (κ1) is 12.6. The summed E-state index contributed by atoms with van der Waals surface area (Å²) in [5.41, 5.74) is 1.30. The molecule has 0 bridgehead atoms. The van der Waals surface area contributed by atoms with Crippen molar-refractivity contribution in [1.82, 2.24) is 14.5 Å². The van der Waals surface area contributed by atoms with Crippen LogP contribution >= 0.6 is 11.3 Å². The van der Waals surface area contributed by atoms with E-state index in [1.54, 1.807) is 11.3 Å². The minimum Gasteiger partial charge on any atom is -0.328 e. The van der Waals surface area contributed by atoms with E-state index in [2.05, 4.69) is 52.6 Å². The predicted molar refractivity (Wildman–Crippen MR) is 82.9 cm³/mol. The lowest BCUT2D eigenvalue weighted by atomic mass is 10.2. The first-order valence-corrected chi connectivity index (χ1v) is 7.69. The first-order chi connectivity index (χ1) is 9.33. The molecule has 2 aromatic heterocycles. The van der Waals surface area contributed by atoms with Crippen LogP contribution in [-0.2, 0) is 6.54 Å². The molecule has 19 heavy (non-hydrogen) atoms. The molecule has 0 saturated carbocycles. The first-order valence-electron chi connectivity index (χ1n) is 6.88. The van der Waals surface area contributed by atoms with Gasteiger partial charge in [0.25, 0.3) is 0 Å². The van der Waals surface area contributed by atoms with Crippen molar-refractivity contribution in [3.05, 3.63) is 30.6 Å². The quantitative estimate of drug-likeness (QED) is 0.708. The fourth-order valence-corrected chi connectivity index (χ4v) is 3.58. The van der Waals surface area contributed by atoms with Gasteiger partial charge in [-0.25, -0.2) is 4.98 Å². The average Bonchev–Trinajstić information content (AvgIpc) is 2.99. The normalized spacial score (nSPS) is 11.9. The highest BCUT2D eigenvalue weighted by molar-refractivity contribution is 7.25. The van der Waals surface area contributed by atoms with Crippen LogP contribution in [0.5, 0.6) is 0 Å². The van der Waals surface area contributed by atoms with Crippen LogP contribution in [0.4, 0.5) is 0 Å². The van der Waals surface area contributed by atoms with Gasteiger partial charge in [-0.3, -0.25) is 0 Å². The molecule has 100 valence electrons. The summed E-state index contributed by atoms with van der Waals surface area (Å²) in [6, 6.07) is 8.58. The van der Waals surface area contributed by atoms with Crippen LogP contribution in [0.1, 0.15) is 13.8 Å². The molecule has 2 heterocycles. The molecule has 3 aromatic rings. The van der Waals surface area contributed by atoms with Gasteiger partial charge in [0.05, 0.1) is 11.8 Å². The summed E-state index contributed by atoms with van der Waals surface area (Å²) < 4.78 is 3.63. The molecule has 0 unspecified atom stereocenters. The zero-order chi connectivity index (χ0) is 13.2. The monoisotopic (exact) mass is 273 g/mol. The fraction of sp³-hybridized carbons (Fsp3) is 0.400. The van der Waals surface area contributed by atoms with Crippen LogP contribution in [0.3, 0.4) is 0 Å². The van der Waals surface area contributed by atoms with Gasteiger partial charge in [-0.2, -0.15) is 0 Å². The van der Waals surface area contributed by atoms with Crippen LogP contribution in [-0.4, -0.2) is 34.1 Å². The predicted octanol–water partition coefficient (Wildman–Crippen LogP) is 3.59. The molecule has 0 aliphatic rings. The second kappa shape index (κ2) is 5.31. The van der Waals surface area contributed by atoms with Crippen molar-refractivity contribution in [3.8, 4) is 0 Å². The summed E-state index contributed by atoms with van der Waals surface area (Å²) in [4.78, 5) is 8.15. The van der Waals surface area contributed by atoms with Crippen molar-refractivity contribution >= 4 is 31.8 Å². The van der Waals surface area contributed by atoms with E-state index in [0.29, 0.717) is 0 Å². The van der Waals surface area contributed by atoms with Gasteiger partial charge in [0, 0.05) is 23.2 Å². The third-order valence-corrected chi connectivity index (χ3v) is 4.77. The molecular formula is C15H19N3S. The summed E-state index contributed by atoms with van der Waals surface area (Å²) in [6.07, 6.45) is 1.98. The van der Waals surface area contributed by atoms with Gasteiger partial charge >= 0.3 is 0 Å². The topological polar surface area (TPSA) is 21.1 Å². The van der Waals surface area contributed by atoms with Gasteiger partial charge < -0.3 is 9.47 Å². The maximum Gasteiger partial charge on any atom is 0.142 e. The smallest absolute Gasteiger partial charge is 0.142 e. The second-order valence-corrected chi connectivity index (χ2v) is 5.75. The minimum absolute atomic E-state index is 1.01. The van der Waals surface area contributed by atoms with E-state index in [1.165, 1.54) is 15.6 Å². The van der Waals surface area contributed by atoms with Crippen LogP contribution in [0.15, 0.2) is 30.6 Å². The number of aromatic nitrogens is 2. The second-order valence-electron chi connectivity index (χ2n) is 4.72. The molecule has 1 aromatic carbocycles. The molecule has 0 aliphatic carbocycles. The molecule has 0 fully saturated rings. The molecule has 0 saturated heterocycles. The van der Waals surface area contributed by atoms with Crippen molar-refractivity contribution in [2.45, 2.75) is 20.4 Å². The van der Waals surface area contributed by atoms with E-state index in [-0.39, 0.29) is 0 Å². The van der Waals surface area contributed by atoms with Gasteiger partial charge in [0.1, 0.15) is 4.83 Å². The number of thiophene rings is 1. The zero-order valence-electron chi connectivity index (χ0n) is 11.5. The number of hydrogen-bond acceptors (Lipinski definition) is 3. The highest BCUT2D eigenvalue weighted by Crippen LogP contribution is 2.32. The largest absolute Gasteiger partial charge is 0.328 e. The maximum absolute atomic E-state index is 4.55. The van der Waals surface area contributed by atoms with Crippen LogP contribution in [0, 0.1) is 0 Å². The van der Waals surface area contributed by atoms with Crippen LogP contribution in [0.2, 0.25) is 0 Å². The summed E-state index contributed by atoms with van der Waals surface area (Å²) in [6.45, 7) is 8.75. The van der Waals surface area contributed by atoms with Crippen molar-refractivity contribution in [3.63, 3.8) is 0 Å². The molecule has 0 atom stereocenters. The van der Waals surface area contributed by atoms with Crippen LogP contribution in [0.25, 0.3) is 20.4 Å². The highest BCUT2D eigenvalue weighted by Gasteiger charge is 2.10. The number of likely N-dealkylation sites (N-methyl/N-ethyl adjacent to an activating group) is 1. The summed E-state index contributed by atoms with van der Waals surface area (Å²) in [7, 11) is 0. The molecule has 3 nitrogen and oxygen atoms in total. The minimum atomic E-state index is 1.01. The van der Waals surface area contributed by atoms with E-state index >= 15 is 0 Å². The lowest BCUT2D eigenvalue weighted by Crippen LogP contribution is -2.26. The van der Waals surface area contributed by atoms with Crippen LogP contribution < -0.4 is 0 Å². The molecule has 0 radical (unpaired) electrons. The Balaban J connectivity index is 1.95.